The van der Waals surface area contributed by atoms with Crippen LogP contribution in [0, 0.1) is 0 Å². The third kappa shape index (κ3) is 5.58. The topological polar surface area (TPSA) is 96.0 Å². The smallest absolute Gasteiger partial charge is 0.359 e. The van der Waals surface area contributed by atoms with Crippen LogP contribution in [0.25, 0.3) is 0 Å². The molecule has 0 heterocycles. The van der Waals surface area contributed by atoms with E-state index in [2.05, 4.69) is 9.47 Å². The summed E-state index contributed by atoms with van der Waals surface area (Å²) in [5.74, 6) is -3.56. The minimum Gasteiger partial charge on any atom is -0.466 e. The Balaban J connectivity index is 2.89. The van der Waals surface area contributed by atoms with Crippen molar-refractivity contribution in [3.05, 3.63) is 48.0 Å². The summed E-state index contributed by atoms with van der Waals surface area (Å²) in [5.41, 5.74) is 0.327. The minimum atomic E-state index is -1.42. The molecular formula is C15H14O7. The van der Waals surface area contributed by atoms with E-state index >= 15 is 0 Å². The molecule has 1 aromatic carbocycles. The number of rotatable bonds is 5. The fourth-order valence-electron chi connectivity index (χ4n) is 1.43. The van der Waals surface area contributed by atoms with Gasteiger partial charge < -0.3 is 14.2 Å². The van der Waals surface area contributed by atoms with Crippen LogP contribution in [0.5, 0.6) is 0 Å². The Morgan fingerprint density at radius 3 is 2.14 bits per heavy atom. The zero-order chi connectivity index (χ0) is 16.5. The molecule has 0 aliphatic rings. The largest absolute Gasteiger partial charge is 0.466 e. The van der Waals surface area contributed by atoms with Gasteiger partial charge in [0.2, 0.25) is 6.10 Å². The van der Waals surface area contributed by atoms with Gasteiger partial charge in [0.25, 0.3) is 0 Å². The Labute approximate surface area is 126 Å². The molecule has 116 valence electrons. The lowest BCUT2D eigenvalue weighted by Gasteiger charge is -2.15. The number of carbonyl (C=O) groups is 4. The van der Waals surface area contributed by atoms with Crippen LogP contribution in [0.2, 0.25) is 0 Å². The normalized spacial score (nSPS) is 11.5. The highest BCUT2D eigenvalue weighted by Crippen LogP contribution is 2.19. The van der Waals surface area contributed by atoms with E-state index in [0.717, 1.165) is 26.2 Å². The lowest BCUT2D eigenvalue weighted by Crippen LogP contribution is -2.23. The molecule has 0 aliphatic heterocycles. The first kappa shape index (κ1) is 17.1. The monoisotopic (exact) mass is 306 g/mol. The van der Waals surface area contributed by atoms with Crippen LogP contribution >= 0.6 is 0 Å². The van der Waals surface area contributed by atoms with Crippen molar-refractivity contribution in [2.75, 3.05) is 7.11 Å². The summed E-state index contributed by atoms with van der Waals surface area (Å²) in [5, 5.41) is 0. The molecule has 1 atom stereocenters. The van der Waals surface area contributed by atoms with Crippen molar-refractivity contribution in [2.45, 2.75) is 13.0 Å². The van der Waals surface area contributed by atoms with Gasteiger partial charge in [0, 0.05) is 24.6 Å². The van der Waals surface area contributed by atoms with Crippen LogP contribution in [0.3, 0.4) is 0 Å². The van der Waals surface area contributed by atoms with Gasteiger partial charge in [0.05, 0.1) is 7.11 Å². The molecule has 0 amide bonds. The lowest BCUT2D eigenvalue weighted by atomic mass is 10.1. The van der Waals surface area contributed by atoms with Crippen LogP contribution in [0.1, 0.15) is 18.6 Å². The summed E-state index contributed by atoms with van der Waals surface area (Å²) < 4.78 is 13.7. The maximum atomic E-state index is 11.8. The fraction of sp³-hybridized carbons (Fsp3) is 0.200. The van der Waals surface area contributed by atoms with E-state index in [0.29, 0.717) is 5.56 Å². The molecule has 0 fully saturated rings. The van der Waals surface area contributed by atoms with Crippen molar-refractivity contribution < 1.29 is 33.4 Å². The van der Waals surface area contributed by atoms with Crippen LogP contribution < -0.4 is 0 Å². The van der Waals surface area contributed by atoms with E-state index in [1.807, 2.05) is 0 Å². The van der Waals surface area contributed by atoms with E-state index in [4.69, 9.17) is 4.74 Å². The predicted molar refractivity (Wildman–Crippen MR) is 73.2 cm³/mol. The molecular weight excluding hydrogens is 292 g/mol. The molecule has 1 aromatic rings. The van der Waals surface area contributed by atoms with Crippen molar-refractivity contribution in [1.29, 1.82) is 0 Å². The van der Waals surface area contributed by atoms with Gasteiger partial charge in [-0.2, -0.15) is 0 Å². The first-order chi connectivity index (χ1) is 10.4. The highest BCUT2D eigenvalue weighted by Gasteiger charge is 2.27. The van der Waals surface area contributed by atoms with Crippen molar-refractivity contribution in [1.82, 2.24) is 0 Å². The van der Waals surface area contributed by atoms with Gasteiger partial charge in [-0.15, -0.1) is 0 Å². The number of hydrogen-bond acceptors (Lipinski definition) is 7. The van der Waals surface area contributed by atoms with Gasteiger partial charge in [-0.1, -0.05) is 30.3 Å². The Morgan fingerprint density at radius 1 is 1.00 bits per heavy atom. The molecule has 7 nitrogen and oxygen atoms in total. The molecule has 1 unspecified atom stereocenters. The van der Waals surface area contributed by atoms with Crippen molar-refractivity contribution in [3.8, 4) is 0 Å². The van der Waals surface area contributed by atoms with Crippen LogP contribution in [-0.4, -0.2) is 31.0 Å². The lowest BCUT2D eigenvalue weighted by molar-refractivity contribution is -0.171. The molecule has 0 radical (unpaired) electrons. The molecule has 1 rings (SSSR count). The van der Waals surface area contributed by atoms with Gasteiger partial charge in [-0.25, -0.2) is 14.4 Å². The third-order valence-electron chi connectivity index (χ3n) is 2.35. The molecule has 7 heteroatoms. The second kappa shape index (κ2) is 8.35. The van der Waals surface area contributed by atoms with E-state index < -0.39 is 30.0 Å². The average Bonchev–Trinajstić information content (AvgIpc) is 2.50. The number of ether oxygens (including phenoxy) is 3. The predicted octanol–water partition coefficient (Wildman–Crippen LogP) is 1.09. The van der Waals surface area contributed by atoms with Crippen LogP contribution in [0.15, 0.2) is 42.5 Å². The zero-order valence-electron chi connectivity index (χ0n) is 12.0. The first-order valence-corrected chi connectivity index (χ1v) is 6.18. The van der Waals surface area contributed by atoms with Crippen molar-refractivity contribution in [3.63, 3.8) is 0 Å². The number of esters is 4. The van der Waals surface area contributed by atoms with E-state index in [-0.39, 0.29) is 0 Å². The van der Waals surface area contributed by atoms with E-state index in [1.165, 1.54) is 12.1 Å². The molecule has 22 heavy (non-hydrogen) atoms. The molecule has 0 aromatic heterocycles. The maximum absolute atomic E-state index is 11.8. The maximum Gasteiger partial charge on any atom is 0.359 e. The zero-order valence-corrected chi connectivity index (χ0v) is 12.0. The SMILES string of the molecule is COC(=O)/C=C\C(=O)OC(C(=O)OC(C)=O)c1ccccc1. The van der Waals surface area contributed by atoms with Crippen molar-refractivity contribution >= 4 is 23.9 Å². The Bertz CT molecular complexity index is 589. The van der Waals surface area contributed by atoms with Gasteiger partial charge >= 0.3 is 23.9 Å². The second-order valence-corrected chi connectivity index (χ2v) is 4.00. The van der Waals surface area contributed by atoms with Gasteiger partial charge in [0.1, 0.15) is 0 Å². The number of hydrogen-bond donors (Lipinski definition) is 0. The number of benzene rings is 1. The minimum absolute atomic E-state index is 0.327. The fourth-order valence-corrected chi connectivity index (χ4v) is 1.43. The molecule has 0 bridgehead atoms. The molecule has 0 saturated carbocycles. The quantitative estimate of drug-likeness (QED) is 0.348. The molecule has 0 spiro atoms. The Hall–Kier alpha value is -2.96. The standard InChI is InChI=1S/C15H14O7/c1-10(16)21-15(19)14(11-6-4-3-5-7-11)22-13(18)9-8-12(17)20-2/h3-9,14H,1-2H3/b9-8-. The summed E-state index contributed by atoms with van der Waals surface area (Å²) in [6.07, 6.45) is 0.240. The number of carbonyl (C=O) groups excluding carboxylic acids is 4. The van der Waals surface area contributed by atoms with Gasteiger partial charge in [-0.05, 0) is 0 Å². The van der Waals surface area contributed by atoms with Crippen LogP contribution in [-0.2, 0) is 33.4 Å². The van der Waals surface area contributed by atoms with Gasteiger partial charge in [0.15, 0.2) is 0 Å². The van der Waals surface area contributed by atoms with Crippen LogP contribution in [0.4, 0.5) is 0 Å². The van der Waals surface area contributed by atoms with Crippen molar-refractivity contribution in [2.24, 2.45) is 0 Å². The molecule has 0 saturated heterocycles. The summed E-state index contributed by atoms with van der Waals surface area (Å²) in [6.45, 7) is 1.05. The second-order valence-electron chi connectivity index (χ2n) is 4.00. The first-order valence-electron chi connectivity index (χ1n) is 6.18. The van der Waals surface area contributed by atoms with E-state index in [1.54, 1.807) is 18.2 Å². The van der Waals surface area contributed by atoms with E-state index in [9.17, 15) is 19.2 Å². The Kier molecular flexibility index (Phi) is 6.49. The Morgan fingerprint density at radius 2 is 1.59 bits per heavy atom. The van der Waals surface area contributed by atoms with Gasteiger partial charge in [-0.3, -0.25) is 4.79 Å². The number of methoxy groups -OCH3 is 1. The summed E-state index contributed by atoms with van der Waals surface area (Å²) >= 11 is 0. The summed E-state index contributed by atoms with van der Waals surface area (Å²) in [7, 11) is 1.15. The molecule has 0 aliphatic carbocycles. The molecule has 0 N–H and O–H groups in total. The third-order valence-corrected chi connectivity index (χ3v) is 2.35. The summed E-state index contributed by atoms with van der Waals surface area (Å²) in [4.78, 5) is 45.2. The highest BCUT2D eigenvalue weighted by molar-refractivity contribution is 5.94. The highest BCUT2D eigenvalue weighted by atomic mass is 16.6. The summed E-state index contributed by atoms with van der Waals surface area (Å²) in [6, 6.07) is 8.02. The average molecular weight is 306 g/mol.